The SMILES string of the molecule is CCc1ccc(CN2C[C@@H]3OC(=O)N(CCCN4CCOCC4)[C@@H]3C2)nc1. The number of ether oxygens (including phenoxy) is 2. The van der Waals surface area contributed by atoms with E-state index in [1.807, 2.05) is 11.1 Å². The minimum Gasteiger partial charge on any atom is -0.442 e. The summed E-state index contributed by atoms with van der Waals surface area (Å²) in [6.45, 7) is 10.0. The zero-order valence-corrected chi connectivity index (χ0v) is 16.2. The van der Waals surface area contributed by atoms with Crippen molar-refractivity contribution >= 4 is 6.09 Å². The first kappa shape index (κ1) is 18.7. The highest BCUT2D eigenvalue weighted by atomic mass is 16.6. The molecule has 0 saturated carbocycles. The van der Waals surface area contributed by atoms with E-state index in [1.54, 1.807) is 0 Å². The normalized spacial score (nSPS) is 26.4. The molecule has 1 amide bonds. The molecule has 0 aliphatic carbocycles. The predicted molar refractivity (Wildman–Crippen MR) is 102 cm³/mol. The lowest BCUT2D eigenvalue weighted by Gasteiger charge is -2.28. The second-order valence-corrected chi connectivity index (χ2v) is 7.70. The Labute approximate surface area is 161 Å². The standard InChI is InChI=1S/C20H30N4O3/c1-2-16-4-5-17(21-12-16)13-23-14-18-19(15-23)27-20(25)24(18)7-3-6-22-8-10-26-11-9-22/h4-5,12,18-19H,2-3,6-11,13-15H2,1H3/t18-,19+/m1/s1. The van der Waals surface area contributed by atoms with Gasteiger partial charge < -0.3 is 14.4 Å². The van der Waals surface area contributed by atoms with Crippen molar-refractivity contribution in [2.75, 3.05) is 52.5 Å². The topological polar surface area (TPSA) is 58.1 Å². The maximum atomic E-state index is 12.2. The highest BCUT2D eigenvalue weighted by molar-refractivity contribution is 5.71. The van der Waals surface area contributed by atoms with Gasteiger partial charge in [-0.3, -0.25) is 14.8 Å². The molecule has 7 heteroatoms. The Morgan fingerprint density at radius 2 is 2.00 bits per heavy atom. The van der Waals surface area contributed by atoms with Crippen LogP contribution in [0.4, 0.5) is 4.79 Å². The van der Waals surface area contributed by atoms with Gasteiger partial charge in [0.2, 0.25) is 0 Å². The summed E-state index contributed by atoms with van der Waals surface area (Å²) in [7, 11) is 0. The third kappa shape index (κ3) is 4.42. The number of aromatic nitrogens is 1. The second kappa shape index (κ2) is 8.54. The summed E-state index contributed by atoms with van der Waals surface area (Å²) in [5, 5.41) is 0. The molecule has 0 unspecified atom stereocenters. The number of likely N-dealkylation sites (tertiary alicyclic amines) is 1. The lowest BCUT2D eigenvalue weighted by Crippen LogP contribution is -2.41. The molecule has 3 fully saturated rings. The zero-order chi connectivity index (χ0) is 18.6. The van der Waals surface area contributed by atoms with Crippen molar-refractivity contribution in [1.29, 1.82) is 0 Å². The Morgan fingerprint density at radius 1 is 1.15 bits per heavy atom. The molecule has 2 atom stereocenters. The van der Waals surface area contributed by atoms with Crippen LogP contribution in [0.2, 0.25) is 0 Å². The molecule has 148 valence electrons. The number of morpholine rings is 1. The van der Waals surface area contributed by atoms with Crippen LogP contribution >= 0.6 is 0 Å². The summed E-state index contributed by atoms with van der Waals surface area (Å²) >= 11 is 0. The lowest BCUT2D eigenvalue weighted by molar-refractivity contribution is 0.0362. The van der Waals surface area contributed by atoms with E-state index in [1.165, 1.54) is 5.56 Å². The van der Waals surface area contributed by atoms with Crippen molar-refractivity contribution in [2.24, 2.45) is 0 Å². The van der Waals surface area contributed by atoms with Crippen LogP contribution in [0.1, 0.15) is 24.6 Å². The lowest BCUT2D eigenvalue weighted by atomic mass is 10.2. The molecule has 1 aromatic rings. The average Bonchev–Trinajstić information content (AvgIpc) is 3.20. The number of aryl methyl sites for hydroxylation is 1. The van der Waals surface area contributed by atoms with E-state index in [0.29, 0.717) is 0 Å². The van der Waals surface area contributed by atoms with Gasteiger partial charge in [0.15, 0.2) is 0 Å². The van der Waals surface area contributed by atoms with Crippen molar-refractivity contribution in [3.05, 3.63) is 29.6 Å². The molecule has 4 heterocycles. The second-order valence-electron chi connectivity index (χ2n) is 7.70. The first-order valence-electron chi connectivity index (χ1n) is 10.2. The Balaban J connectivity index is 1.27. The zero-order valence-electron chi connectivity index (χ0n) is 16.2. The van der Waals surface area contributed by atoms with E-state index in [0.717, 1.165) is 77.6 Å². The average molecular weight is 374 g/mol. The van der Waals surface area contributed by atoms with E-state index in [-0.39, 0.29) is 18.2 Å². The van der Waals surface area contributed by atoms with Gasteiger partial charge in [-0.05, 0) is 24.5 Å². The third-order valence-corrected chi connectivity index (χ3v) is 5.86. The maximum Gasteiger partial charge on any atom is 0.410 e. The van der Waals surface area contributed by atoms with E-state index in [4.69, 9.17) is 9.47 Å². The summed E-state index contributed by atoms with van der Waals surface area (Å²) in [5.41, 5.74) is 2.34. The molecule has 3 aliphatic heterocycles. The van der Waals surface area contributed by atoms with Crippen molar-refractivity contribution in [3.8, 4) is 0 Å². The molecule has 1 aromatic heterocycles. The van der Waals surface area contributed by atoms with Crippen LogP contribution in [-0.4, -0.2) is 90.4 Å². The molecule has 0 radical (unpaired) electrons. The van der Waals surface area contributed by atoms with Gasteiger partial charge in [0.1, 0.15) is 6.10 Å². The third-order valence-electron chi connectivity index (χ3n) is 5.86. The molecular formula is C20H30N4O3. The van der Waals surface area contributed by atoms with Gasteiger partial charge >= 0.3 is 6.09 Å². The summed E-state index contributed by atoms with van der Waals surface area (Å²) in [4.78, 5) is 23.5. The molecular weight excluding hydrogens is 344 g/mol. The van der Waals surface area contributed by atoms with Crippen LogP contribution in [0.15, 0.2) is 18.3 Å². The number of fused-ring (bicyclic) bond motifs is 1. The maximum absolute atomic E-state index is 12.2. The Kier molecular flexibility index (Phi) is 5.90. The number of carbonyl (C=O) groups is 1. The van der Waals surface area contributed by atoms with Crippen LogP contribution in [0.5, 0.6) is 0 Å². The number of hydrogen-bond donors (Lipinski definition) is 0. The van der Waals surface area contributed by atoms with E-state index >= 15 is 0 Å². The molecule has 7 nitrogen and oxygen atoms in total. The molecule has 0 aromatic carbocycles. The predicted octanol–water partition coefficient (Wildman–Crippen LogP) is 1.37. The van der Waals surface area contributed by atoms with Crippen molar-refractivity contribution < 1.29 is 14.3 Å². The fraction of sp³-hybridized carbons (Fsp3) is 0.700. The number of nitrogens with zero attached hydrogens (tertiary/aromatic N) is 4. The largest absolute Gasteiger partial charge is 0.442 e. The highest BCUT2D eigenvalue weighted by Gasteiger charge is 2.47. The van der Waals surface area contributed by atoms with Crippen LogP contribution in [0.25, 0.3) is 0 Å². The molecule has 0 spiro atoms. The first-order valence-corrected chi connectivity index (χ1v) is 10.2. The molecule has 4 rings (SSSR count). The van der Waals surface area contributed by atoms with Crippen molar-refractivity contribution in [1.82, 2.24) is 19.7 Å². The molecule has 0 N–H and O–H groups in total. The van der Waals surface area contributed by atoms with Crippen molar-refractivity contribution in [2.45, 2.75) is 38.5 Å². The minimum atomic E-state index is -0.142. The van der Waals surface area contributed by atoms with E-state index in [9.17, 15) is 4.79 Å². The van der Waals surface area contributed by atoms with Gasteiger partial charge in [0.05, 0.1) is 24.9 Å². The van der Waals surface area contributed by atoms with Crippen LogP contribution < -0.4 is 0 Å². The number of hydrogen-bond acceptors (Lipinski definition) is 6. The molecule has 27 heavy (non-hydrogen) atoms. The number of amides is 1. The van der Waals surface area contributed by atoms with Gasteiger partial charge in [0, 0.05) is 52.0 Å². The summed E-state index contributed by atoms with van der Waals surface area (Å²) in [5.74, 6) is 0. The Morgan fingerprint density at radius 3 is 2.74 bits per heavy atom. The van der Waals surface area contributed by atoms with Crippen LogP contribution in [0, 0.1) is 0 Å². The van der Waals surface area contributed by atoms with Gasteiger partial charge in [-0.15, -0.1) is 0 Å². The summed E-state index contributed by atoms with van der Waals surface area (Å²) in [6, 6.07) is 4.44. The number of rotatable bonds is 7. The summed E-state index contributed by atoms with van der Waals surface area (Å²) in [6.07, 6.45) is 3.81. The fourth-order valence-corrected chi connectivity index (χ4v) is 4.24. The van der Waals surface area contributed by atoms with E-state index in [2.05, 4.69) is 33.8 Å². The quantitative estimate of drug-likeness (QED) is 0.719. The molecule has 3 saturated heterocycles. The Hall–Kier alpha value is -1.70. The van der Waals surface area contributed by atoms with Gasteiger partial charge in [0.25, 0.3) is 0 Å². The monoisotopic (exact) mass is 374 g/mol. The van der Waals surface area contributed by atoms with Gasteiger partial charge in [-0.1, -0.05) is 13.0 Å². The van der Waals surface area contributed by atoms with Crippen molar-refractivity contribution in [3.63, 3.8) is 0 Å². The number of carbonyl (C=O) groups excluding carboxylic acids is 1. The smallest absolute Gasteiger partial charge is 0.410 e. The first-order chi connectivity index (χ1) is 13.2. The fourth-order valence-electron chi connectivity index (χ4n) is 4.24. The number of pyridine rings is 1. The highest BCUT2D eigenvalue weighted by Crippen LogP contribution is 2.28. The van der Waals surface area contributed by atoms with Gasteiger partial charge in [-0.2, -0.15) is 0 Å². The van der Waals surface area contributed by atoms with E-state index < -0.39 is 0 Å². The molecule has 3 aliphatic rings. The minimum absolute atomic E-state index is 0.00389. The van der Waals surface area contributed by atoms with Crippen LogP contribution in [0.3, 0.4) is 0 Å². The van der Waals surface area contributed by atoms with Crippen LogP contribution in [-0.2, 0) is 22.4 Å². The Bertz CT molecular complexity index is 633. The summed E-state index contributed by atoms with van der Waals surface area (Å²) < 4.78 is 11.0. The van der Waals surface area contributed by atoms with Gasteiger partial charge in [-0.25, -0.2) is 4.79 Å². The molecule has 0 bridgehead atoms.